The van der Waals surface area contributed by atoms with E-state index in [2.05, 4.69) is 20.8 Å². The van der Waals surface area contributed by atoms with Crippen LogP contribution < -0.4 is 4.74 Å². The zero-order valence-electron chi connectivity index (χ0n) is 19.6. The van der Waals surface area contributed by atoms with E-state index in [0.29, 0.717) is 5.75 Å². The molecule has 0 bridgehead atoms. The number of hydrogen-bond acceptors (Lipinski definition) is 5. The fourth-order valence-electron chi connectivity index (χ4n) is 6.01. The molecule has 1 N–H and O–H groups in total. The first-order valence-electron chi connectivity index (χ1n) is 12.8. The third-order valence-electron chi connectivity index (χ3n) is 7.74. The summed E-state index contributed by atoms with van der Waals surface area (Å²) in [6, 6.07) is 6.75. The van der Waals surface area contributed by atoms with Gasteiger partial charge in [-0.25, -0.2) is 0 Å². The van der Waals surface area contributed by atoms with Crippen molar-refractivity contribution in [2.75, 3.05) is 52.9 Å². The van der Waals surface area contributed by atoms with E-state index in [9.17, 15) is 5.11 Å². The summed E-state index contributed by atoms with van der Waals surface area (Å²) in [5.41, 5.74) is 1.18. The van der Waals surface area contributed by atoms with Gasteiger partial charge in [0.1, 0.15) is 0 Å². The molecular weight excluding hydrogens is 386 g/mol. The summed E-state index contributed by atoms with van der Waals surface area (Å²) in [6.45, 7) is 9.47. The number of hydrogen-bond donors (Lipinski definition) is 1. The SMILES string of the molecule is COc1ccc(CN(CCN2CCCCC2)C[C@H]2CCCN(C3CCCC3)C2)cc1O. The number of methoxy groups -OCH3 is 1. The maximum absolute atomic E-state index is 10.3. The van der Waals surface area contributed by atoms with Crippen molar-refractivity contribution in [3.8, 4) is 11.5 Å². The lowest BCUT2D eigenvalue weighted by molar-refractivity contribution is 0.0912. The molecule has 31 heavy (non-hydrogen) atoms. The third-order valence-corrected chi connectivity index (χ3v) is 7.74. The Kier molecular flexibility index (Phi) is 8.51. The van der Waals surface area contributed by atoms with Crippen molar-refractivity contribution >= 4 is 0 Å². The standard InChI is InChI=1S/C26H43N3O2/c1-31-26-12-11-22(18-25(26)30)19-28(17-16-27-13-5-2-6-14-27)20-23-8-7-15-29(21-23)24-9-3-4-10-24/h11-12,18,23-24,30H,2-10,13-17,19-21H2,1H3/t23-/m1/s1. The average Bonchev–Trinajstić information content (AvgIpc) is 3.34. The summed E-state index contributed by atoms with van der Waals surface area (Å²) in [5.74, 6) is 1.58. The summed E-state index contributed by atoms with van der Waals surface area (Å²) in [6.07, 6.45) is 12.5. The lowest BCUT2D eigenvalue weighted by atomic mass is 9.95. The lowest BCUT2D eigenvalue weighted by Gasteiger charge is -2.39. The number of phenols is 1. The van der Waals surface area contributed by atoms with Crippen molar-refractivity contribution in [3.05, 3.63) is 23.8 Å². The fourth-order valence-corrected chi connectivity index (χ4v) is 6.01. The Morgan fingerprint density at radius 1 is 1.00 bits per heavy atom. The van der Waals surface area contributed by atoms with Crippen LogP contribution in [0, 0.1) is 5.92 Å². The van der Waals surface area contributed by atoms with Crippen LogP contribution in [0.2, 0.25) is 0 Å². The predicted octanol–water partition coefficient (Wildman–Crippen LogP) is 4.34. The molecule has 3 aliphatic rings. The molecule has 5 nitrogen and oxygen atoms in total. The highest BCUT2D eigenvalue weighted by Crippen LogP contribution is 2.29. The van der Waals surface area contributed by atoms with Gasteiger partial charge < -0.3 is 19.6 Å². The number of likely N-dealkylation sites (tertiary alicyclic amines) is 2. The van der Waals surface area contributed by atoms with Gasteiger partial charge in [0.2, 0.25) is 0 Å². The summed E-state index contributed by atoms with van der Waals surface area (Å²) in [4.78, 5) is 8.11. The highest BCUT2D eigenvalue weighted by Gasteiger charge is 2.29. The number of aromatic hydroxyl groups is 1. The quantitative estimate of drug-likeness (QED) is 0.632. The Labute approximate surface area is 189 Å². The molecule has 4 rings (SSSR count). The van der Waals surface area contributed by atoms with Crippen molar-refractivity contribution in [2.45, 2.75) is 70.4 Å². The second-order valence-corrected chi connectivity index (χ2v) is 10.1. The van der Waals surface area contributed by atoms with Crippen LogP contribution in [-0.4, -0.2) is 78.8 Å². The molecule has 1 aromatic rings. The van der Waals surface area contributed by atoms with Crippen molar-refractivity contribution in [1.29, 1.82) is 0 Å². The molecule has 1 saturated carbocycles. The number of benzene rings is 1. The van der Waals surface area contributed by atoms with Crippen LogP contribution in [0.25, 0.3) is 0 Å². The van der Waals surface area contributed by atoms with Crippen LogP contribution in [-0.2, 0) is 6.54 Å². The highest BCUT2D eigenvalue weighted by molar-refractivity contribution is 5.41. The lowest BCUT2D eigenvalue weighted by Crippen LogP contribution is -2.46. The van der Waals surface area contributed by atoms with Gasteiger partial charge in [-0.15, -0.1) is 0 Å². The first-order valence-corrected chi connectivity index (χ1v) is 12.8. The Balaban J connectivity index is 1.37. The second-order valence-electron chi connectivity index (χ2n) is 10.1. The zero-order chi connectivity index (χ0) is 21.5. The number of piperidine rings is 2. The summed E-state index contributed by atoms with van der Waals surface area (Å²) >= 11 is 0. The van der Waals surface area contributed by atoms with Gasteiger partial charge in [-0.2, -0.15) is 0 Å². The minimum atomic E-state index is 0.251. The molecule has 0 amide bonds. The van der Waals surface area contributed by atoms with E-state index in [1.165, 1.54) is 103 Å². The van der Waals surface area contributed by atoms with Gasteiger partial charge in [-0.1, -0.05) is 25.3 Å². The molecule has 1 atom stereocenters. The molecule has 1 aliphatic carbocycles. The number of rotatable bonds is 9. The van der Waals surface area contributed by atoms with Crippen LogP contribution in [0.15, 0.2) is 18.2 Å². The van der Waals surface area contributed by atoms with Gasteiger partial charge in [0, 0.05) is 38.8 Å². The molecule has 0 aromatic heterocycles. The third kappa shape index (κ3) is 6.59. The predicted molar refractivity (Wildman–Crippen MR) is 127 cm³/mol. The first-order chi connectivity index (χ1) is 15.2. The van der Waals surface area contributed by atoms with Gasteiger partial charge in [0.05, 0.1) is 7.11 Å². The van der Waals surface area contributed by atoms with Gasteiger partial charge >= 0.3 is 0 Å². The summed E-state index contributed by atoms with van der Waals surface area (Å²) in [5, 5.41) is 10.3. The van der Waals surface area contributed by atoms with Gasteiger partial charge in [0.15, 0.2) is 11.5 Å². The summed E-state index contributed by atoms with van der Waals surface area (Å²) in [7, 11) is 1.61. The van der Waals surface area contributed by atoms with Crippen LogP contribution >= 0.6 is 0 Å². The minimum Gasteiger partial charge on any atom is -0.504 e. The molecule has 2 saturated heterocycles. The van der Waals surface area contributed by atoms with Crippen LogP contribution in [0.1, 0.15) is 63.4 Å². The van der Waals surface area contributed by atoms with Crippen LogP contribution in [0.3, 0.4) is 0 Å². The van der Waals surface area contributed by atoms with Crippen molar-refractivity contribution < 1.29 is 9.84 Å². The second kappa shape index (κ2) is 11.5. The first kappa shape index (κ1) is 22.9. The Morgan fingerprint density at radius 3 is 2.55 bits per heavy atom. The molecule has 0 spiro atoms. The zero-order valence-corrected chi connectivity index (χ0v) is 19.6. The van der Waals surface area contributed by atoms with Gasteiger partial charge in [-0.05, 0) is 81.8 Å². The highest BCUT2D eigenvalue weighted by atomic mass is 16.5. The van der Waals surface area contributed by atoms with E-state index in [-0.39, 0.29) is 5.75 Å². The molecular formula is C26H43N3O2. The molecule has 174 valence electrons. The van der Waals surface area contributed by atoms with E-state index in [0.717, 1.165) is 25.0 Å². The molecule has 3 fully saturated rings. The molecule has 2 heterocycles. The molecule has 0 unspecified atom stereocenters. The maximum atomic E-state index is 10.3. The van der Waals surface area contributed by atoms with Crippen molar-refractivity contribution in [1.82, 2.24) is 14.7 Å². The smallest absolute Gasteiger partial charge is 0.160 e. The van der Waals surface area contributed by atoms with Crippen molar-refractivity contribution in [3.63, 3.8) is 0 Å². The monoisotopic (exact) mass is 429 g/mol. The number of nitrogens with zero attached hydrogens (tertiary/aromatic N) is 3. The van der Waals surface area contributed by atoms with Crippen LogP contribution in [0.5, 0.6) is 11.5 Å². The number of ether oxygens (including phenoxy) is 1. The Bertz CT molecular complexity index is 671. The Morgan fingerprint density at radius 2 is 1.81 bits per heavy atom. The Hall–Kier alpha value is -1.30. The van der Waals surface area contributed by atoms with Crippen LogP contribution in [0.4, 0.5) is 0 Å². The molecule has 1 aromatic carbocycles. The van der Waals surface area contributed by atoms with E-state index < -0.39 is 0 Å². The minimum absolute atomic E-state index is 0.251. The van der Waals surface area contributed by atoms with Crippen molar-refractivity contribution in [2.24, 2.45) is 5.92 Å². The van der Waals surface area contributed by atoms with E-state index in [1.807, 2.05) is 12.1 Å². The van der Waals surface area contributed by atoms with E-state index in [4.69, 9.17) is 4.74 Å². The molecule has 0 radical (unpaired) electrons. The van der Waals surface area contributed by atoms with Gasteiger partial charge in [0.25, 0.3) is 0 Å². The average molecular weight is 430 g/mol. The number of phenolic OH excluding ortho intramolecular Hbond substituents is 1. The summed E-state index contributed by atoms with van der Waals surface area (Å²) < 4.78 is 5.24. The topological polar surface area (TPSA) is 39.2 Å². The van der Waals surface area contributed by atoms with Gasteiger partial charge in [-0.3, -0.25) is 4.90 Å². The normalized spacial score (nSPS) is 24.1. The van der Waals surface area contributed by atoms with E-state index >= 15 is 0 Å². The van der Waals surface area contributed by atoms with E-state index in [1.54, 1.807) is 7.11 Å². The fraction of sp³-hybridized carbons (Fsp3) is 0.769. The largest absolute Gasteiger partial charge is 0.504 e. The molecule has 5 heteroatoms. The maximum Gasteiger partial charge on any atom is 0.160 e. The molecule has 2 aliphatic heterocycles.